The van der Waals surface area contributed by atoms with E-state index in [9.17, 15) is 4.39 Å². The third-order valence-electron chi connectivity index (χ3n) is 2.78. The minimum absolute atomic E-state index is 0.0596. The first-order chi connectivity index (χ1) is 7.29. The molecule has 0 spiro atoms. The predicted octanol–water partition coefficient (Wildman–Crippen LogP) is 1.79. The number of aromatic nitrogens is 1. The largest absolute Gasteiger partial charge is 0.376 e. The molecule has 0 aliphatic carbocycles. The van der Waals surface area contributed by atoms with Crippen molar-refractivity contribution in [3.63, 3.8) is 0 Å². The molecule has 1 aliphatic heterocycles. The molecule has 0 radical (unpaired) electrons. The van der Waals surface area contributed by atoms with E-state index in [2.05, 4.69) is 4.98 Å². The summed E-state index contributed by atoms with van der Waals surface area (Å²) in [5.41, 5.74) is 6.47. The molecular weight excluding hydrogens is 195 g/mol. The lowest BCUT2D eigenvalue weighted by atomic mass is 9.97. The fraction of sp³-hybridized carbons (Fsp3) is 0.545. The van der Waals surface area contributed by atoms with Crippen LogP contribution in [0.3, 0.4) is 0 Å². The van der Waals surface area contributed by atoms with Gasteiger partial charge in [0, 0.05) is 18.4 Å². The molecule has 0 aromatic carbocycles. The van der Waals surface area contributed by atoms with Crippen molar-refractivity contribution < 1.29 is 9.13 Å². The number of pyridine rings is 1. The monoisotopic (exact) mass is 210 g/mol. The van der Waals surface area contributed by atoms with Gasteiger partial charge in [0.1, 0.15) is 5.82 Å². The van der Waals surface area contributed by atoms with E-state index in [1.165, 1.54) is 6.20 Å². The second kappa shape index (κ2) is 4.68. The zero-order valence-corrected chi connectivity index (χ0v) is 8.53. The Morgan fingerprint density at radius 3 is 3.07 bits per heavy atom. The van der Waals surface area contributed by atoms with Gasteiger partial charge in [-0.15, -0.1) is 0 Å². The number of rotatable bonds is 2. The number of nitrogens with zero attached hydrogens (tertiary/aromatic N) is 1. The normalized spacial score (nSPS) is 23.7. The van der Waals surface area contributed by atoms with E-state index in [0.29, 0.717) is 5.56 Å². The lowest BCUT2D eigenvalue weighted by Gasteiger charge is -2.28. The van der Waals surface area contributed by atoms with Crippen LogP contribution < -0.4 is 5.73 Å². The van der Waals surface area contributed by atoms with Crippen molar-refractivity contribution in [2.24, 2.45) is 5.73 Å². The molecule has 2 N–H and O–H groups in total. The third kappa shape index (κ3) is 2.33. The topological polar surface area (TPSA) is 48.1 Å². The van der Waals surface area contributed by atoms with Crippen LogP contribution >= 0.6 is 0 Å². The van der Waals surface area contributed by atoms with Crippen molar-refractivity contribution in [2.75, 3.05) is 6.61 Å². The molecule has 1 aliphatic rings. The average Bonchev–Trinajstić information content (AvgIpc) is 2.30. The second-order valence-corrected chi connectivity index (χ2v) is 3.83. The molecule has 2 atom stereocenters. The molecule has 2 rings (SSSR count). The van der Waals surface area contributed by atoms with Gasteiger partial charge in [-0.2, -0.15) is 0 Å². The fourth-order valence-corrected chi connectivity index (χ4v) is 1.91. The Morgan fingerprint density at radius 2 is 2.40 bits per heavy atom. The number of hydrogen-bond acceptors (Lipinski definition) is 3. The maximum absolute atomic E-state index is 13.4. The van der Waals surface area contributed by atoms with Crippen LogP contribution in [0.5, 0.6) is 0 Å². The molecule has 1 aromatic heterocycles. The van der Waals surface area contributed by atoms with Crippen LogP contribution in [-0.2, 0) is 4.74 Å². The van der Waals surface area contributed by atoms with Gasteiger partial charge in [-0.3, -0.25) is 4.98 Å². The number of nitrogens with two attached hydrogens (primary N) is 1. The Labute approximate surface area is 88.5 Å². The molecular formula is C11H15FN2O. The van der Waals surface area contributed by atoms with Crippen LogP contribution in [0.1, 0.15) is 30.9 Å². The molecule has 2 unspecified atom stereocenters. The Bertz CT molecular complexity index is 326. The van der Waals surface area contributed by atoms with Crippen molar-refractivity contribution in [2.45, 2.75) is 31.4 Å². The van der Waals surface area contributed by atoms with Crippen molar-refractivity contribution in [1.82, 2.24) is 4.98 Å². The van der Waals surface area contributed by atoms with Gasteiger partial charge in [-0.05, 0) is 25.3 Å². The summed E-state index contributed by atoms with van der Waals surface area (Å²) in [6, 6.07) is 1.24. The summed E-state index contributed by atoms with van der Waals surface area (Å²) in [7, 11) is 0. The van der Waals surface area contributed by atoms with E-state index in [0.717, 1.165) is 25.9 Å². The number of halogens is 1. The molecule has 1 saturated heterocycles. The smallest absolute Gasteiger partial charge is 0.146 e. The molecule has 15 heavy (non-hydrogen) atoms. The summed E-state index contributed by atoms with van der Waals surface area (Å²) >= 11 is 0. The predicted molar refractivity (Wildman–Crippen MR) is 54.7 cm³/mol. The molecule has 0 saturated carbocycles. The average molecular weight is 210 g/mol. The first-order valence-electron chi connectivity index (χ1n) is 5.25. The van der Waals surface area contributed by atoms with Crippen molar-refractivity contribution in [3.05, 3.63) is 29.8 Å². The Hall–Kier alpha value is -1.00. The van der Waals surface area contributed by atoms with Crippen molar-refractivity contribution in [3.8, 4) is 0 Å². The van der Waals surface area contributed by atoms with Gasteiger partial charge in [-0.1, -0.05) is 0 Å². The zero-order valence-electron chi connectivity index (χ0n) is 8.53. The van der Waals surface area contributed by atoms with Gasteiger partial charge < -0.3 is 10.5 Å². The molecule has 1 aromatic rings. The Morgan fingerprint density at radius 1 is 1.53 bits per heavy atom. The highest BCUT2D eigenvalue weighted by Crippen LogP contribution is 2.25. The molecule has 0 bridgehead atoms. The van der Waals surface area contributed by atoms with Gasteiger partial charge in [0.15, 0.2) is 0 Å². The second-order valence-electron chi connectivity index (χ2n) is 3.83. The van der Waals surface area contributed by atoms with E-state index in [4.69, 9.17) is 10.5 Å². The number of hydrogen-bond donors (Lipinski definition) is 1. The first kappa shape index (κ1) is 10.5. The van der Waals surface area contributed by atoms with Crippen molar-refractivity contribution >= 4 is 0 Å². The summed E-state index contributed by atoms with van der Waals surface area (Å²) < 4.78 is 18.9. The molecule has 4 heteroatoms. The minimum atomic E-state index is -0.381. The quantitative estimate of drug-likeness (QED) is 0.809. The van der Waals surface area contributed by atoms with Gasteiger partial charge in [0.2, 0.25) is 0 Å². The summed E-state index contributed by atoms with van der Waals surface area (Å²) in [5, 5.41) is 0. The third-order valence-corrected chi connectivity index (χ3v) is 2.78. The zero-order chi connectivity index (χ0) is 10.7. The van der Waals surface area contributed by atoms with E-state index in [1.54, 1.807) is 12.3 Å². The van der Waals surface area contributed by atoms with Crippen LogP contribution in [0.4, 0.5) is 4.39 Å². The van der Waals surface area contributed by atoms with Crippen LogP contribution in [-0.4, -0.2) is 17.7 Å². The maximum Gasteiger partial charge on any atom is 0.146 e. The molecule has 1 fully saturated rings. The molecule has 3 nitrogen and oxygen atoms in total. The SMILES string of the molecule is NC(c1ccncc1F)C1CCCCO1. The summed E-state index contributed by atoms with van der Waals surface area (Å²) in [6.07, 6.45) is 5.77. The lowest BCUT2D eigenvalue weighted by molar-refractivity contribution is -0.000639. The fourth-order valence-electron chi connectivity index (χ4n) is 1.91. The Kier molecular flexibility index (Phi) is 3.28. The molecule has 82 valence electrons. The van der Waals surface area contributed by atoms with Crippen LogP contribution in [0.15, 0.2) is 18.5 Å². The van der Waals surface area contributed by atoms with Crippen molar-refractivity contribution in [1.29, 1.82) is 0 Å². The van der Waals surface area contributed by atoms with Gasteiger partial charge >= 0.3 is 0 Å². The van der Waals surface area contributed by atoms with Gasteiger partial charge in [-0.25, -0.2) is 4.39 Å². The summed E-state index contributed by atoms with van der Waals surface area (Å²) in [4.78, 5) is 3.70. The van der Waals surface area contributed by atoms with Crippen LogP contribution in [0.2, 0.25) is 0 Å². The van der Waals surface area contributed by atoms with Crippen LogP contribution in [0.25, 0.3) is 0 Å². The molecule has 0 amide bonds. The van der Waals surface area contributed by atoms with E-state index < -0.39 is 0 Å². The first-order valence-corrected chi connectivity index (χ1v) is 5.25. The standard InChI is InChI=1S/C11H15FN2O/c12-9-7-14-5-4-8(9)11(13)10-3-1-2-6-15-10/h4-5,7,10-11H,1-3,6,13H2. The van der Waals surface area contributed by atoms with E-state index >= 15 is 0 Å². The van der Waals surface area contributed by atoms with E-state index in [-0.39, 0.29) is 18.0 Å². The van der Waals surface area contributed by atoms with E-state index in [1.807, 2.05) is 0 Å². The highest BCUT2D eigenvalue weighted by Gasteiger charge is 2.24. The lowest BCUT2D eigenvalue weighted by Crippen LogP contribution is -2.32. The van der Waals surface area contributed by atoms with Gasteiger partial charge in [0.25, 0.3) is 0 Å². The summed E-state index contributed by atoms with van der Waals surface area (Å²) in [6.45, 7) is 0.727. The number of ether oxygens (including phenoxy) is 1. The highest BCUT2D eigenvalue weighted by molar-refractivity contribution is 5.18. The van der Waals surface area contributed by atoms with Gasteiger partial charge in [0.05, 0.1) is 18.3 Å². The molecule has 2 heterocycles. The summed E-state index contributed by atoms with van der Waals surface area (Å²) in [5.74, 6) is -0.348. The Balaban J connectivity index is 2.12. The van der Waals surface area contributed by atoms with Crippen LogP contribution in [0, 0.1) is 5.82 Å². The highest BCUT2D eigenvalue weighted by atomic mass is 19.1. The maximum atomic E-state index is 13.4. The minimum Gasteiger partial charge on any atom is -0.376 e.